The number of nitrogens with one attached hydrogen (secondary N) is 1. The van der Waals surface area contributed by atoms with E-state index < -0.39 is 6.43 Å². The molecule has 0 aliphatic heterocycles. The Morgan fingerprint density at radius 3 is 2.54 bits per heavy atom. The second kappa shape index (κ2) is 7.94. The van der Waals surface area contributed by atoms with Crippen LogP contribution in [0.15, 0.2) is 6.07 Å². The third-order valence-electron chi connectivity index (χ3n) is 3.38. The van der Waals surface area contributed by atoms with Gasteiger partial charge in [0.05, 0.1) is 5.69 Å². The summed E-state index contributed by atoms with van der Waals surface area (Å²) in [6, 6.07) is 1.27. The van der Waals surface area contributed by atoms with Crippen molar-refractivity contribution < 1.29 is 13.6 Å². The fraction of sp³-hybridized carbons (Fsp3) is 0.500. The first-order valence-corrected chi connectivity index (χ1v) is 8.02. The molecule has 0 spiro atoms. The summed E-state index contributed by atoms with van der Waals surface area (Å²) in [6.45, 7) is 4.17. The fourth-order valence-electron chi connectivity index (χ4n) is 2.13. The highest BCUT2D eigenvalue weighted by Gasteiger charge is 2.15. The Balaban J connectivity index is 1.78. The van der Waals surface area contributed by atoms with Crippen molar-refractivity contribution in [2.24, 2.45) is 0 Å². The monoisotopic (exact) mass is 379 g/mol. The van der Waals surface area contributed by atoms with Crippen LogP contribution in [0.1, 0.15) is 29.9 Å². The molecule has 0 aliphatic rings. The number of aryl methyl sites for hydroxylation is 3. The van der Waals surface area contributed by atoms with Crippen LogP contribution in [0.25, 0.3) is 0 Å². The molecule has 0 aromatic carbocycles. The zero-order valence-corrected chi connectivity index (χ0v) is 14.7. The third kappa shape index (κ3) is 4.45. The number of aromatic nitrogens is 4. The van der Waals surface area contributed by atoms with Crippen LogP contribution in [-0.2, 0) is 17.9 Å². The Labute approximate surface area is 147 Å². The van der Waals surface area contributed by atoms with Crippen LogP contribution in [0.4, 0.5) is 8.78 Å². The Bertz CT molecular complexity index is 729. The number of carbonyl (C=O) groups is 1. The molecule has 0 aliphatic carbocycles. The van der Waals surface area contributed by atoms with Gasteiger partial charge in [0.1, 0.15) is 22.4 Å². The van der Waals surface area contributed by atoms with Crippen molar-refractivity contribution in [3.63, 3.8) is 0 Å². The van der Waals surface area contributed by atoms with Crippen molar-refractivity contribution in [3.8, 4) is 0 Å². The number of alkyl halides is 2. The van der Waals surface area contributed by atoms with Crippen LogP contribution in [-0.4, -0.2) is 32.0 Å². The normalized spacial score (nSPS) is 11.3. The van der Waals surface area contributed by atoms with Crippen molar-refractivity contribution in [2.75, 3.05) is 6.54 Å². The molecule has 2 rings (SSSR count). The molecule has 1 N–H and O–H groups in total. The van der Waals surface area contributed by atoms with Crippen molar-refractivity contribution in [2.45, 2.75) is 39.8 Å². The smallest absolute Gasteiger partial charge is 0.282 e. The van der Waals surface area contributed by atoms with Crippen molar-refractivity contribution in [3.05, 3.63) is 33.3 Å². The topological polar surface area (TPSA) is 64.7 Å². The average Bonchev–Trinajstić information content (AvgIpc) is 3.00. The third-order valence-corrected chi connectivity index (χ3v) is 4.32. The SMILES string of the molecule is Cc1nn(CCCNC(=O)Cn2nc(C(F)F)cc2C)c(Cl)c1Cl. The van der Waals surface area contributed by atoms with E-state index in [-0.39, 0.29) is 18.1 Å². The summed E-state index contributed by atoms with van der Waals surface area (Å²) in [6.07, 6.45) is -2.05. The van der Waals surface area contributed by atoms with Crippen LogP contribution < -0.4 is 5.32 Å². The first-order valence-electron chi connectivity index (χ1n) is 7.27. The summed E-state index contributed by atoms with van der Waals surface area (Å²) in [5.41, 5.74) is 0.824. The van der Waals surface area contributed by atoms with Gasteiger partial charge in [0.15, 0.2) is 0 Å². The van der Waals surface area contributed by atoms with Crippen molar-refractivity contribution >= 4 is 29.1 Å². The molecule has 2 heterocycles. The largest absolute Gasteiger partial charge is 0.354 e. The molecule has 132 valence electrons. The van der Waals surface area contributed by atoms with E-state index in [9.17, 15) is 13.6 Å². The van der Waals surface area contributed by atoms with Gasteiger partial charge in [0.25, 0.3) is 6.43 Å². The van der Waals surface area contributed by atoms with Gasteiger partial charge in [-0.25, -0.2) is 8.78 Å². The number of hydrogen-bond donors (Lipinski definition) is 1. The van der Waals surface area contributed by atoms with Crippen LogP contribution in [0.3, 0.4) is 0 Å². The van der Waals surface area contributed by atoms with E-state index in [2.05, 4.69) is 15.5 Å². The minimum Gasteiger partial charge on any atom is -0.354 e. The standard InChI is InChI=1S/C14H17Cl2F2N5O/c1-8-6-10(14(17)18)21-23(8)7-11(24)19-4-3-5-22-13(16)12(15)9(2)20-22/h6,14H,3-5,7H2,1-2H3,(H,19,24). The molecule has 2 aromatic heterocycles. The minimum atomic E-state index is -2.65. The molecule has 10 heteroatoms. The predicted molar refractivity (Wildman–Crippen MR) is 86.5 cm³/mol. The van der Waals surface area contributed by atoms with E-state index in [1.807, 2.05) is 0 Å². The Hall–Kier alpha value is -1.67. The molecule has 24 heavy (non-hydrogen) atoms. The summed E-state index contributed by atoms with van der Waals surface area (Å²) in [7, 11) is 0. The van der Waals surface area contributed by atoms with E-state index >= 15 is 0 Å². The predicted octanol–water partition coefficient (Wildman–Crippen LogP) is 3.15. The lowest BCUT2D eigenvalue weighted by molar-refractivity contribution is -0.121. The average molecular weight is 380 g/mol. The quantitative estimate of drug-likeness (QED) is 0.751. The molecule has 0 saturated carbocycles. The fourth-order valence-corrected chi connectivity index (χ4v) is 2.52. The molecule has 1 amide bonds. The minimum absolute atomic E-state index is 0.105. The van der Waals surface area contributed by atoms with Gasteiger partial charge in [-0.1, -0.05) is 23.2 Å². The van der Waals surface area contributed by atoms with Crippen LogP contribution in [0, 0.1) is 13.8 Å². The van der Waals surface area contributed by atoms with Gasteiger partial charge >= 0.3 is 0 Å². The maximum absolute atomic E-state index is 12.6. The number of carbonyl (C=O) groups excluding carboxylic acids is 1. The number of halogens is 4. The molecule has 0 radical (unpaired) electrons. The van der Waals surface area contributed by atoms with Gasteiger partial charge in [-0.15, -0.1) is 0 Å². The van der Waals surface area contributed by atoms with E-state index in [4.69, 9.17) is 23.2 Å². The molecule has 0 unspecified atom stereocenters. The molecule has 2 aromatic rings. The number of hydrogen-bond acceptors (Lipinski definition) is 3. The lowest BCUT2D eigenvalue weighted by Gasteiger charge is -2.07. The molecule has 0 bridgehead atoms. The molecular formula is C14H17Cl2F2N5O. The Kier molecular flexibility index (Phi) is 6.17. The zero-order chi connectivity index (χ0) is 17.9. The van der Waals surface area contributed by atoms with Gasteiger partial charge in [0, 0.05) is 18.8 Å². The highest BCUT2D eigenvalue weighted by atomic mass is 35.5. The maximum Gasteiger partial charge on any atom is 0.282 e. The maximum atomic E-state index is 12.6. The molecule has 0 fully saturated rings. The highest BCUT2D eigenvalue weighted by Crippen LogP contribution is 2.24. The number of amides is 1. The Morgan fingerprint density at radius 1 is 1.29 bits per heavy atom. The van der Waals surface area contributed by atoms with Gasteiger partial charge in [-0.3, -0.25) is 14.2 Å². The summed E-state index contributed by atoms with van der Waals surface area (Å²) in [4.78, 5) is 11.9. The lowest BCUT2D eigenvalue weighted by atomic mass is 10.4. The number of nitrogens with zero attached hydrogens (tertiary/aromatic N) is 4. The van der Waals surface area contributed by atoms with E-state index in [1.165, 1.54) is 10.7 Å². The van der Waals surface area contributed by atoms with Crippen LogP contribution >= 0.6 is 23.2 Å². The second-order valence-corrected chi connectivity index (χ2v) is 6.02. The number of rotatable bonds is 7. The first kappa shape index (κ1) is 18.7. The van der Waals surface area contributed by atoms with Gasteiger partial charge < -0.3 is 5.32 Å². The summed E-state index contributed by atoms with van der Waals surface area (Å²) >= 11 is 12.0. The van der Waals surface area contributed by atoms with Gasteiger partial charge in [-0.2, -0.15) is 10.2 Å². The zero-order valence-electron chi connectivity index (χ0n) is 13.2. The van der Waals surface area contributed by atoms with Crippen molar-refractivity contribution in [1.29, 1.82) is 0 Å². The van der Waals surface area contributed by atoms with Crippen molar-refractivity contribution in [1.82, 2.24) is 24.9 Å². The summed E-state index contributed by atoms with van der Waals surface area (Å²) in [5, 5.41) is 11.4. The van der Waals surface area contributed by atoms with Gasteiger partial charge in [-0.05, 0) is 26.3 Å². The summed E-state index contributed by atoms with van der Waals surface area (Å²) in [5.74, 6) is -0.303. The van der Waals surface area contributed by atoms with E-state index in [0.717, 1.165) is 0 Å². The molecule has 0 saturated heterocycles. The summed E-state index contributed by atoms with van der Waals surface area (Å²) < 4.78 is 28.0. The van der Waals surface area contributed by atoms with Gasteiger partial charge in [0.2, 0.25) is 5.91 Å². The molecular weight excluding hydrogens is 363 g/mol. The highest BCUT2D eigenvalue weighted by molar-refractivity contribution is 6.41. The van der Waals surface area contributed by atoms with Crippen LogP contribution in [0.2, 0.25) is 10.2 Å². The van der Waals surface area contributed by atoms with E-state index in [0.29, 0.717) is 41.1 Å². The molecule has 0 atom stereocenters. The second-order valence-electron chi connectivity index (χ2n) is 5.29. The first-order chi connectivity index (χ1) is 11.3. The molecule has 6 nitrogen and oxygen atoms in total. The van der Waals surface area contributed by atoms with Crippen LogP contribution in [0.5, 0.6) is 0 Å². The Morgan fingerprint density at radius 2 is 2.00 bits per heavy atom. The lowest BCUT2D eigenvalue weighted by Crippen LogP contribution is -2.29. The van der Waals surface area contributed by atoms with E-state index in [1.54, 1.807) is 18.5 Å².